The van der Waals surface area contributed by atoms with E-state index in [-0.39, 0.29) is 41.8 Å². The normalized spacial score (nSPS) is 16.3. The monoisotopic (exact) mass is 526 g/mol. The Morgan fingerprint density at radius 3 is 2.44 bits per heavy atom. The summed E-state index contributed by atoms with van der Waals surface area (Å²) in [5.74, 6) is -0.374. The van der Waals surface area contributed by atoms with Crippen molar-refractivity contribution in [2.45, 2.75) is 37.3 Å². The maximum absolute atomic E-state index is 13.6. The first-order valence-electron chi connectivity index (χ1n) is 10.9. The topological polar surface area (TPSA) is 143 Å². The van der Waals surface area contributed by atoms with Gasteiger partial charge in [-0.2, -0.15) is 0 Å². The summed E-state index contributed by atoms with van der Waals surface area (Å²) < 4.78 is 20.1. The molecule has 2 unspecified atom stereocenters. The highest BCUT2D eigenvalue weighted by Gasteiger charge is 2.40. The summed E-state index contributed by atoms with van der Waals surface area (Å²) in [6.45, 7) is 8.69. The van der Waals surface area contributed by atoms with E-state index in [1.807, 2.05) is 0 Å². The van der Waals surface area contributed by atoms with Crippen LogP contribution in [0.5, 0.6) is 0 Å². The number of hydrogen-bond acceptors (Lipinski definition) is 8. The van der Waals surface area contributed by atoms with E-state index >= 15 is 0 Å². The van der Waals surface area contributed by atoms with Gasteiger partial charge in [0.05, 0.1) is 17.6 Å². The lowest BCUT2D eigenvalue weighted by Crippen LogP contribution is -2.53. The molecule has 2 atom stereocenters. The second-order valence-corrected chi connectivity index (χ2v) is 9.90. The maximum Gasteiger partial charge on any atom is 0.410 e. The molecule has 2 amide bonds. The lowest BCUT2D eigenvalue weighted by Gasteiger charge is -2.38. The van der Waals surface area contributed by atoms with Crippen molar-refractivity contribution in [2.24, 2.45) is 0 Å². The molecule has 0 spiro atoms. The van der Waals surface area contributed by atoms with Crippen LogP contribution in [0.1, 0.15) is 20.8 Å². The summed E-state index contributed by atoms with van der Waals surface area (Å²) in [6.07, 6.45) is 2.33. The molecule has 0 aromatic heterocycles. The molecule has 2 rings (SSSR count). The number of rotatable bonds is 8. The SMILES string of the molecule is C=CCON(C1CN(C(=O)OC(C)(C)C)CC=C1C(=O)N(C)C)S(=O)c1ccccc1[N+](=O)[O-].CO. The van der Waals surface area contributed by atoms with Crippen LogP contribution in [0.15, 0.2) is 53.5 Å². The van der Waals surface area contributed by atoms with Crippen LogP contribution < -0.4 is 0 Å². The summed E-state index contributed by atoms with van der Waals surface area (Å²) in [5.41, 5.74) is -0.874. The van der Waals surface area contributed by atoms with E-state index in [4.69, 9.17) is 14.7 Å². The van der Waals surface area contributed by atoms with Gasteiger partial charge in [0, 0.05) is 45.9 Å². The standard InChI is InChI=1S/C22H30N4O7S.CH4O/c1-7-14-32-26(34(31)19-11-9-8-10-17(19)25(29)30)18-15-24(21(28)33-22(2,3)4)13-12-16(18)20(27)23(5)6;1-2/h7-12,18H,1,13-15H2,2-6H3;2H,1H3. The molecule has 36 heavy (non-hydrogen) atoms. The van der Waals surface area contributed by atoms with Gasteiger partial charge in [0.1, 0.15) is 10.5 Å². The summed E-state index contributed by atoms with van der Waals surface area (Å²) in [7, 11) is 1.91. The van der Waals surface area contributed by atoms with Gasteiger partial charge in [-0.15, -0.1) is 6.58 Å². The molecule has 0 saturated heterocycles. The molecular formula is C23H34N4O8S. The Morgan fingerprint density at radius 2 is 1.92 bits per heavy atom. The predicted molar refractivity (Wildman–Crippen MR) is 134 cm³/mol. The third-order valence-electron chi connectivity index (χ3n) is 4.58. The molecule has 0 fully saturated rings. The zero-order valence-corrected chi connectivity index (χ0v) is 22.2. The molecule has 1 N–H and O–H groups in total. The van der Waals surface area contributed by atoms with E-state index < -0.39 is 33.6 Å². The third kappa shape index (κ3) is 8.22. The van der Waals surface area contributed by atoms with Crippen molar-refractivity contribution in [1.82, 2.24) is 14.3 Å². The van der Waals surface area contributed by atoms with Crippen LogP contribution in [-0.2, 0) is 25.4 Å². The Balaban J connectivity index is 0.00000316. The van der Waals surface area contributed by atoms with E-state index in [1.165, 1.54) is 40.1 Å². The summed E-state index contributed by atoms with van der Waals surface area (Å²) in [4.78, 5) is 44.8. The van der Waals surface area contributed by atoms with Gasteiger partial charge >= 0.3 is 6.09 Å². The molecule has 13 heteroatoms. The number of aliphatic hydroxyl groups excluding tert-OH is 1. The number of benzene rings is 1. The number of amides is 2. The number of carbonyl (C=O) groups excluding carboxylic acids is 2. The van der Waals surface area contributed by atoms with Crippen molar-refractivity contribution in [3.63, 3.8) is 0 Å². The molecule has 200 valence electrons. The Labute approximate surface area is 213 Å². The van der Waals surface area contributed by atoms with Gasteiger partial charge in [0.15, 0.2) is 11.0 Å². The highest BCUT2D eigenvalue weighted by atomic mass is 32.2. The van der Waals surface area contributed by atoms with Crippen LogP contribution in [0.25, 0.3) is 0 Å². The van der Waals surface area contributed by atoms with Crippen LogP contribution in [0.2, 0.25) is 0 Å². The van der Waals surface area contributed by atoms with Crippen molar-refractivity contribution < 1.29 is 33.4 Å². The second kappa shape index (κ2) is 13.8. The fourth-order valence-corrected chi connectivity index (χ4v) is 4.38. The highest BCUT2D eigenvalue weighted by molar-refractivity contribution is 7.82. The molecule has 0 saturated carbocycles. The van der Waals surface area contributed by atoms with Crippen LogP contribution in [0.3, 0.4) is 0 Å². The first-order chi connectivity index (χ1) is 16.9. The van der Waals surface area contributed by atoms with Crippen molar-refractivity contribution in [3.05, 3.63) is 58.7 Å². The molecule has 12 nitrogen and oxygen atoms in total. The number of hydrogen-bond donors (Lipinski definition) is 1. The van der Waals surface area contributed by atoms with Crippen LogP contribution in [0.4, 0.5) is 10.5 Å². The lowest BCUT2D eigenvalue weighted by atomic mass is 10.0. The molecule has 1 aliphatic rings. The number of hydroxylamine groups is 1. The quantitative estimate of drug-likeness (QED) is 0.309. The Kier molecular flexibility index (Phi) is 11.9. The van der Waals surface area contributed by atoms with Gasteiger partial charge in [-0.3, -0.25) is 19.7 Å². The second-order valence-electron chi connectivity index (χ2n) is 8.60. The first-order valence-corrected chi connectivity index (χ1v) is 12.0. The van der Waals surface area contributed by atoms with Crippen molar-refractivity contribution in [1.29, 1.82) is 0 Å². The largest absolute Gasteiger partial charge is 0.444 e. The Bertz CT molecular complexity index is 1010. The number of nitrogens with zero attached hydrogens (tertiary/aromatic N) is 4. The minimum absolute atomic E-state index is 0.0846. The molecule has 0 radical (unpaired) electrons. The van der Waals surface area contributed by atoms with Crippen molar-refractivity contribution in [2.75, 3.05) is 40.9 Å². The average Bonchev–Trinajstić information content (AvgIpc) is 2.83. The Morgan fingerprint density at radius 1 is 1.31 bits per heavy atom. The number of aliphatic hydroxyl groups is 1. The Hall–Kier alpha value is -3.13. The fourth-order valence-electron chi connectivity index (χ4n) is 3.10. The van der Waals surface area contributed by atoms with Crippen molar-refractivity contribution >= 4 is 28.7 Å². The van der Waals surface area contributed by atoms with Crippen LogP contribution in [0, 0.1) is 10.1 Å². The fraction of sp³-hybridized carbons (Fsp3) is 0.478. The molecule has 1 aromatic rings. The van der Waals surface area contributed by atoms with E-state index in [2.05, 4.69) is 6.58 Å². The average molecular weight is 527 g/mol. The zero-order valence-electron chi connectivity index (χ0n) is 21.4. The molecule has 0 bridgehead atoms. The van der Waals surface area contributed by atoms with E-state index in [1.54, 1.807) is 40.9 Å². The summed E-state index contributed by atoms with van der Waals surface area (Å²) in [6, 6.07) is 4.55. The first kappa shape index (κ1) is 30.9. The van der Waals surface area contributed by atoms with E-state index in [9.17, 15) is 23.9 Å². The van der Waals surface area contributed by atoms with Gasteiger partial charge < -0.3 is 19.6 Å². The number of para-hydroxylation sites is 1. The molecule has 1 aliphatic heterocycles. The number of nitro groups is 1. The zero-order chi connectivity index (χ0) is 27.6. The highest BCUT2D eigenvalue weighted by Crippen LogP contribution is 2.29. The molecule has 1 aromatic carbocycles. The molecular weight excluding hydrogens is 492 g/mol. The number of likely N-dealkylation sites (N-methyl/N-ethyl adjacent to an activating group) is 1. The lowest BCUT2D eigenvalue weighted by molar-refractivity contribution is -0.387. The molecule has 1 heterocycles. The van der Waals surface area contributed by atoms with E-state index in [0.29, 0.717) is 0 Å². The van der Waals surface area contributed by atoms with Gasteiger partial charge in [0.25, 0.3) is 11.6 Å². The minimum atomic E-state index is -2.22. The summed E-state index contributed by atoms with van der Waals surface area (Å²) >= 11 is 0. The predicted octanol–water partition coefficient (Wildman–Crippen LogP) is 2.28. The van der Waals surface area contributed by atoms with Crippen LogP contribution in [-0.4, -0.2) is 93.1 Å². The number of ether oxygens (including phenoxy) is 1. The maximum atomic E-state index is 13.6. The molecule has 0 aliphatic carbocycles. The smallest absolute Gasteiger partial charge is 0.410 e. The van der Waals surface area contributed by atoms with Gasteiger partial charge in [-0.1, -0.05) is 28.8 Å². The van der Waals surface area contributed by atoms with Gasteiger partial charge in [-0.25, -0.2) is 9.00 Å². The van der Waals surface area contributed by atoms with Crippen LogP contribution >= 0.6 is 0 Å². The van der Waals surface area contributed by atoms with Gasteiger partial charge in [0.2, 0.25) is 0 Å². The number of nitro benzene ring substituents is 1. The minimum Gasteiger partial charge on any atom is -0.444 e. The van der Waals surface area contributed by atoms with E-state index in [0.717, 1.165) is 11.6 Å². The van der Waals surface area contributed by atoms with Gasteiger partial charge in [-0.05, 0) is 26.8 Å². The van der Waals surface area contributed by atoms with Crippen molar-refractivity contribution in [3.8, 4) is 0 Å². The third-order valence-corrected chi connectivity index (χ3v) is 5.98. The summed E-state index contributed by atoms with van der Waals surface area (Å²) in [5, 5.41) is 18.5. The number of carbonyl (C=O) groups is 2.